The summed E-state index contributed by atoms with van der Waals surface area (Å²) >= 11 is 0. The minimum Gasteiger partial charge on any atom is -0.493 e. The van der Waals surface area contributed by atoms with Crippen LogP contribution in [-0.4, -0.2) is 54.5 Å². The summed E-state index contributed by atoms with van der Waals surface area (Å²) in [5.74, 6) is -0.160. The molecule has 2 bridgehead atoms. The van der Waals surface area contributed by atoms with E-state index < -0.39 is 41.1 Å². The van der Waals surface area contributed by atoms with Crippen LogP contribution >= 0.6 is 0 Å². The Labute approximate surface area is 222 Å². The van der Waals surface area contributed by atoms with Gasteiger partial charge in [-0.05, 0) is 62.1 Å². The van der Waals surface area contributed by atoms with Crippen molar-refractivity contribution in [2.75, 3.05) is 13.7 Å². The Hall–Kier alpha value is -3.07. The third kappa shape index (κ3) is 4.15. The molecule has 5 atom stereocenters. The lowest BCUT2D eigenvalue weighted by Gasteiger charge is -2.59. The van der Waals surface area contributed by atoms with Gasteiger partial charge < -0.3 is 28.8 Å². The number of ether oxygens (including phenoxy) is 5. The molecule has 1 aliphatic heterocycles. The lowest BCUT2D eigenvalue weighted by atomic mass is 9.47. The van der Waals surface area contributed by atoms with Gasteiger partial charge in [0.15, 0.2) is 23.7 Å². The van der Waals surface area contributed by atoms with E-state index in [1.54, 1.807) is 13.2 Å². The number of methoxy groups -OCH3 is 1. The molecule has 0 amide bonds. The maximum Gasteiger partial charge on any atom is 0.352 e. The third-order valence-corrected chi connectivity index (χ3v) is 8.44. The zero-order chi connectivity index (χ0) is 27.2. The molecule has 1 spiro atoms. The number of aliphatic hydroxyl groups is 1. The van der Waals surface area contributed by atoms with Gasteiger partial charge in [-0.3, -0.25) is 9.59 Å². The first kappa shape index (κ1) is 26.5. The van der Waals surface area contributed by atoms with Crippen molar-refractivity contribution in [3.05, 3.63) is 35.1 Å². The largest absolute Gasteiger partial charge is 0.493 e. The van der Waals surface area contributed by atoms with Crippen molar-refractivity contribution in [3.63, 3.8) is 0 Å². The highest BCUT2D eigenvalue weighted by atomic mass is 16.6. The molecule has 5 rings (SSSR count). The van der Waals surface area contributed by atoms with Gasteiger partial charge in [-0.1, -0.05) is 26.3 Å². The smallest absolute Gasteiger partial charge is 0.352 e. The standard InChI is InChI=1S/C29H36O9/c1-16(2)15-35-22(30)9-10-23(31)36-17(3)27(32)37-21-11-13-29(33)19-6-5-12-28(29)24-18(14-19)7-8-20(34-4)25(24)38-26(21)28/h7-8,11,16-17,19,26,33H,5-6,9-10,12-15H2,1-4H3/t17-,19+,26-,28?,29+/m0/s1. The predicted molar refractivity (Wildman–Crippen MR) is 134 cm³/mol. The quantitative estimate of drug-likeness (QED) is 0.379. The fourth-order valence-electron chi connectivity index (χ4n) is 6.72. The van der Waals surface area contributed by atoms with Crippen LogP contribution in [0.3, 0.4) is 0 Å². The molecule has 206 valence electrons. The molecule has 3 aliphatic carbocycles. The molecule has 1 N–H and O–H groups in total. The van der Waals surface area contributed by atoms with Gasteiger partial charge in [0.1, 0.15) is 5.76 Å². The lowest BCUT2D eigenvalue weighted by molar-refractivity contribution is -0.171. The maximum absolute atomic E-state index is 13.0. The molecule has 1 unspecified atom stereocenters. The molecule has 9 nitrogen and oxygen atoms in total. The normalized spacial score (nSPS) is 28.9. The van der Waals surface area contributed by atoms with Gasteiger partial charge >= 0.3 is 17.9 Å². The monoisotopic (exact) mass is 528 g/mol. The fraction of sp³-hybridized carbons (Fsp3) is 0.621. The van der Waals surface area contributed by atoms with Crippen molar-refractivity contribution < 1.29 is 43.2 Å². The van der Waals surface area contributed by atoms with E-state index in [1.165, 1.54) is 6.92 Å². The molecule has 1 saturated carbocycles. The summed E-state index contributed by atoms with van der Waals surface area (Å²) in [6.45, 7) is 5.55. The van der Waals surface area contributed by atoms with E-state index in [9.17, 15) is 19.5 Å². The summed E-state index contributed by atoms with van der Waals surface area (Å²) in [6.07, 6.45) is 3.18. The number of carbonyl (C=O) groups is 3. The van der Waals surface area contributed by atoms with Gasteiger partial charge in [0.2, 0.25) is 0 Å². The number of hydrogen-bond donors (Lipinski definition) is 1. The van der Waals surface area contributed by atoms with Gasteiger partial charge in [-0.2, -0.15) is 0 Å². The molecule has 0 saturated heterocycles. The molecule has 0 radical (unpaired) electrons. The molecule has 1 heterocycles. The molecular weight excluding hydrogens is 492 g/mol. The van der Waals surface area contributed by atoms with E-state index in [0.717, 1.165) is 30.4 Å². The number of hydrogen-bond acceptors (Lipinski definition) is 9. The van der Waals surface area contributed by atoms with Crippen LogP contribution in [-0.2, 0) is 40.4 Å². The van der Waals surface area contributed by atoms with E-state index >= 15 is 0 Å². The zero-order valence-corrected chi connectivity index (χ0v) is 22.4. The third-order valence-electron chi connectivity index (χ3n) is 8.44. The van der Waals surface area contributed by atoms with Crippen LogP contribution in [0.2, 0.25) is 0 Å². The number of carbonyl (C=O) groups excluding carboxylic acids is 3. The summed E-state index contributed by atoms with van der Waals surface area (Å²) in [4.78, 5) is 37.0. The molecular formula is C29H36O9. The van der Waals surface area contributed by atoms with E-state index in [2.05, 4.69) is 0 Å². The minimum absolute atomic E-state index is 0.0785. The Bertz CT molecular complexity index is 1170. The van der Waals surface area contributed by atoms with Crippen LogP contribution in [0.15, 0.2) is 24.0 Å². The first-order valence-electron chi connectivity index (χ1n) is 13.5. The summed E-state index contributed by atoms with van der Waals surface area (Å²) in [6, 6.07) is 3.94. The van der Waals surface area contributed by atoms with Crippen molar-refractivity contribution in [1.82, 2.24) is 0 Å². The molecule has 1 aromatic rings. The van der Waals surface area contributed by atoms with E-state index in [-0.39, 0.29) is 31.3 Å². The molecule has 1 aromatic carbocycles. The fourth-order valence-corrected chi connectivity index (χ4v) is 6.72. The van der Waals surface area contributed by atoms with Gasteiger partial charge in [0.05, 0.1) is 37.6 Å². The first-order valence-corrected chi connectivity index (χ1v) is 13.5. The van der Waals surface area contributed by atoms with Crippen molar-refractivity contribution in [3.8, 4) is 11.5 Å². The van der Waals surface area contributed by atoms with E-state index in [4.69, 9.17) is 23.7 Å². The van der Waals surface area contributed by atoms with Crippen molar-refractivity contribution >= 4 is 17.9 Å². The van der Waals surface area contributed by atoms with Crippen LogP contribution in [0, 0.1) is 11.8 Å². The average Bonchev–Trinajstić information content (AvgIpc) is 3.22. The van der Waals surface area contributed by atoms with Crippen molar-refractivity contribution in [2.45, 2.75) is 88.9 Å². The van der Waals surface area contributed by atoms with Crippen molar-refractivity contribution in [1.29, 1.82) is 0 Å². The van der Waals surface area contributed by atoms with Crippen LogP contribution in [0.1, 0.15) is 70.4 Å². The van der Waals surface area contributed by atoms with Crippen LogP contribution < -0.4 is 9.47 Å². The summed E-state index contributed by atoms with van der Waals surface area (Å²) < 4.78 is 28.1. The molecule has 38 heavy (non-hydrogen) atoms. The maximum atomic E-state index is 13.0. The number of rotatable bonds is 9. The number of benzene rings is 1. The first-order chi connectivity index (χ1) is 18.1. The second-order valence-corrected chi connectivity index (χ2v) is 11.3. The van der Waals surface area contributed by atoms with Gasteiger partial charge in [-0.15, -0.1) is 0 Å². The van der Waals surface area contributed by atoms with E-state index in [1.807, 2.05) is 26.0 Å². The Morgan fingerprint density at radius 2 is 1.92 bits per heavy atom. The lowest BCUT2D eigenvalue weighted by Crippen LogP contribution is -2.67. The minimum atomic E-state index is -1.19. The van der Waals surface area contributed by atoms with Crippen LogP contribution in [0.4, 0.5) is 0 Å². The second-order valence-electron chi connectivity index (χ2n) is 11.3. The Morgan fingerprint density at radius 1 is 1.16 bits per heavy atom. The van der Waals surface area contributed by atoms with E-state index in [0.29, 0.717) is 30.1 Å². The van der Waals surface area contributed by atoms with Crippen LogP contribution in [0.5, 0.6) is 11.5 Å². The molecule has 1 fully saturated rings. The Morgan fingerprint density at radius 3 is 2.66 bits per heavy atom. The molecule has 0 aromatic heterocycles. The highest BCUT2D eigenvalue weighted by molar-refractivity contribution is 5.82. The Kier molecular flexibility index (Phi) is 6.92. The summed E-state index contributed by atoms with van der Waals surface area (Å²) in [5, 5.41) is 12.1. The second kappa shape index (κ2) is 9.91. The predicted octanol–water partition coefficient (Wildman–Crippen LogP) is 3.52. The average molecular weight is 529 g/mol. The summed E-state index contributed by atoms with van der Waals surface area (Å²) in [7, 11) is 1.58. The van der Waals surface area contributed by atoms with Gasteiger partial charge in [-0.25, -0.2) is 4.79 Å². The van der Waals surface area contributed by atoms with Gasteiger partial charge in [0, 0.05) is 5.56 Å². The highest BCUT2D eigenvalue weighted by Gasteiger charge is 2.71. The van der Waals surface area contributed by atoms with Crippen LogP contribution in [0.25, 0.3) is 0 Å². The zero-order valence-electron chi connectivity index (χ0n) is 22.4. The number of esters is 3. The SMILES string of the molecule is COc1ccc2c3c1O[C@H]1C(OC(=O)[C@H](C)OC(=O)CCC(=O)OCC(C)C)=CC[C@@]4(O)[C@H](CCCC314)C2. The summed E-state index contributed by atoms with van der Waals surface area (Å²) in [5.41, 5.74) is 0.345. The highest BCUT2D eigenvalue weighted by Crippen LogP contribution is 2.67. The topological polar surface area (TPSA) is 118 Å². The molecule has 4 aliphatic rings. The Balaban J connectivity index is 1.30. The van der Waals surface area contributed by atoms with Crippen molar-refractivity contribution in [2.24, 2.45) is 11.8 Å². The molecule has 9 heteroatoms. The van der Waals surface area contributed by atoms with Gasteiger partial charge in [0.25, 0.3) is 0 Å².